The van der Waals surface area contributed by atoms with Crippen LogP contribution in [0.1, 0.15) is 48.3 Å². The van der Waals surface area contributed by atoms with E-state index in [-0.39, 0.29) is 18.0 Å². The van der Waals surface area contributed by atoms with Crippen LogP contribution in [0.15, 0.2) is 78.9 Å². The van der Waals surface area contributed by atoms with Crippen molar-refractivity contribution in [1.29, 1.82) is 0 Å². The van der Waals surface area contributed by atoms with Crippen LogP contribution >= 0.6 is 0 Å². The fourth-order valence-electron chi connectivity index (χ4n) is 4.57. The normalized spacial score (nSPS) is 11.7. The molecule has 3 aromatic carbocycles. The number of methoxy groups -OCH3 is 1. The van der Waals surface area contributed by atoms with Gasteiger partial charge in [0.15, 0.2) is 5.69 Å². The van der Waals surface area contributed by atoms with Gasteiger partial charge >= 0.3 is 5.97 Å². The second-order valence-electron chi connectivity index (χ2n) is 10.2. The molecule has 0 radical (unpaired) electrons. The van der Waals surface area contributed by atoms with E-state index in [0.29, 0.717) is 35.8 Å². The molecular weight excluding hydrogens is 506 g/mol. The zero-order chi connectivity index (χ0) is 28.6. The van der Waals surface area contributed by atoms with Crippen molar-refractivity contribution >= 4 is 11.9 Å². The van der Waals surface area contributed by atoms with Gasteiger partial charge in [0.1, 0.15) is 18.1 Å². The van der Waals surface area contributed by atoms with Gasteiger partial charge < -0.3 is 19.9 Å². The highest BCUT2D eigenvalue weighted by atomic mass is 16.5. The van der Waals surface area contributed by atoms with Crippen LogP contribution < -0.4 is 14.8 Å². The lowest BCUT2D eigenvalue weighted by atomic mass is 10.0. The molecule has 8 nitrogen and oxygen atoms in total. The summed E-state index contributed by atoms with van der Waals surface area (Å²) in [4.78, 5) is 24.8. The van der Waals surface area contributed by atoms with E-state index >= 15 is 0 Å². The lowest BCUT2D eigenvalue weighted by molar-refractivity contribution is -0.137. The van der Waals surface area contributed by atoms with Crippen LogP contribution in [-0.2, 0) is 11.4 Å². The van der Waals surface area contributed by atoms with Crippen LogP contribution in [0.5, 0.6) is 11.5 Å². The number of amides is 1. The molecule has 2 N–H and O–H groups in total. The Balaban J connectivity index is 1.78. The number of carboxylic acid groups (broad SMARTS) is 1. The highest BCUT2D eigenvalue weighted by Crippen LogP contribution is 2.40. The Morgan fingerprint density at radius 1 is 0.975 bits per heavy atom. The molecule has 0 unspecified atom stereocenters. The molecule has 40 heavy (non-hydrogen) atoms. The maximum atomic E-state index is 13.4. The summed E-state index contributed by atoms with van der Waals surface area (Å²) < 4.78 is 13.7. The number of rotatable bonds is 12. The summed E-state index contributed by atoms with van der Waals surface area (Å²) in [6.07, 6.45) is 0.368. The van der Waals surface area contributed by atoms with Crippen LogP contribution in [0, 0.1) is 12.8 Å². The zero-order valence-electron chi connectivity index (χ0n) is 23.3. The summed E-state index contributed by atoms with van der Waals surface area (Å²) in [5, 5.41) is 16.9. The number of hydrogen-bond acceptors (Lipinski definition) is 5. The number of benzene rings is 3. The van der Waals surface area contributed by atoms with Gasteiger partial charge in [0, 0.05) is 6.04 Å². The van der Waals surface area contributed by atoms with Gasteiger partial charge in [0.05, 0.1) is 30.5 Å². The molecule has 1 aromatic heterocycles. The highest BCUT2D eigenvalue weighted by molar-refractivity contribution is 5.94. The van der Waals surface area contributed by atoms with Gasteiger partial charge in [-0.25, -0.2) is 4.68 Å². The molecule has 0 spiro atoms. The second-order valence-corrected chi connectivity index (χ2v) is 10.2. The molecule has 1 amide bonds. The Morgan fingerprint density at radius 2 is 1.68 bits per heavy atom. The minimum Gasteiger partial charge on any atom is -0.496 e. The first-order chi connectivity index (χ1) is 19.2. The Labute approximate surface area is 234 Å². The molecular formula is C32H35N3O5. The van der Waals surface area contributed by atoms with Gasteiger partial charge in [-0.05, 0) is 55.2 Å². The number of aliphatic carboxylic acids is 1. The average Bonchev–Trinajstić information content (AvgIpc) is 3.37. The molecule has 0 aliphatic rings. The maximum Gasteiger partial charge on any atom is 0.305 e. The molecule has 0 bridgehead atoms. The summed E-state index contributed by atoms with van der Waals surface area (Å²) in [6.45, 7) is 6.33. The van der Waals surface area contributed by atoms with Gasteiger partial charge in [-0.2, -0.15) is 5.10 Å². The monoisotopic (exact) mass is 541 g/mol. The zero-order valence-corrected chi connectivity index (χ0v) is 23.3. The van der Waals surface area contributed by atoms with Gasteiger partial charge in [0.25, 0.3) is 5.91 Å². The van der Waals surface area contributed by atoms with Crippen molar-refractivity contribution in [1.82, 2.24) is 15.1 Å². The number of ether oxygens (including phenoxy) is 2. The predicted molar refractivity (Wildman–Crippen MR) is 154 cm³/mol. The molecule has 8 heteroatoms. The minimum absolute atomic E-state index is 0.162. The van der Waals surface area contributed by atoms with Gasteiger partial charge in [-0.3, -0.25) is 9.59 Å². The smallest absolute Gasteiger partial charge is 0.305 e. The van der Waals surface area contributed by atoms with Crippen LogP contribution in [0.4, 0.5) is 0 Å². The number of nitrogens with one attached hydrogen (secondary N) is 1. The number of nitrogens with zero attached hydrogens (tertiary/aromatic N) is 2. The van der Waals surface area contributed by atoms with E-state index in [1.807, 2.05) is 93.6 Å². The van der Waals surface area contributed by atoms with E-state index in [1.54, 1.807) is 17.9 Å². The first-order valence-corrected chi connectivity index (χ1v) is 13.3. The van der Waals surface area contributed by atoms with E-state index in [1.165, 1.54) is 0 Å². The molecule has 208 valence electrons. The SMILES string of the molecule is COc1cccc(OCc2ccccc2)c1-c1cc(C(=O)N[C@H](CC(=O)O)CC(C)C)nn1-c1ccc(C)cc1. The molecule has 4 rings (SSSR count). The molecule has 1 heterocycles. The minimum atomic E-state index is -0.967. The fourth-order valence-corrected chi connectivity index (χ4v) is 4.57. The first-order valence-electron chi connectivity index (χ1n) is 13.3. The highest BCUT2D eigenvalue weighted by Gasteiger charge is 2.25. The quantitative estimate of drug-likeness (QED) is 0.226. The van der Waals surface area contributed by atoms with Crippen molar-refractivity contribution < 1.29 is 24.2 Å². The second kappa shape index (κ2) is 13.0. The molecule has 0 aliphatic heterocycles. The first kappa shape index (κ1) is 28.4. The third-order valence-corrected chi connectivity index (χ3v) is 6.43. The van der Waals surface area contributed by atoms with Crippen molar-refractivity contribution in [3.8, 4) is 28.4 Å². The van der Waals surface area contributed by atoms with Gasteiger partial charge in [-0.15, -0.1) is 0 Å². The van der Waals surface area contributed by atoms with E-state index in [2.05, 4.69) is 10.4 Å². The summed E-state index contributed by atoms with van der Waals surface area (Å²) in [5.41, 5.74) is 4.27. The lowest BCUT2D eigenvalue weighted by Crippen LogP contribution is -2.37. The van der Waals surface area contributed by atoms with Crippen molar-refractivity contribution in [2.24, 2.45) is 5.92 Å². The van der Waals surface area contributed by atoms with E-state index < -0.39 is 17.9 Å². The van der Waals surface area contributed by atoms with Gasteiger partial charge in [-0.1, -0.05) is 67.9 Å². The largest absolute Gasteiger partial charge is 0.496 e. The summed E-state index contributed by atoms with van der Waals surface area (Å²) in [7, 11) is 1.59. The maximum absolute atomic E-state index is 13.4. The molecule has 0 saturated carbocycles. The van der Waals surface area contributed by atoms with Crippen molar-refractivity contribution in [3.63, 3.8) is 0 Å². The van der Waals surface area contributed by atoms with Crippen LogP contribution in [-0.4, -0.2) is 39.9 Å². The van der Waals surface area contributed by atoms with E-state index in [4.69, 9.17) is 9.47 Å². The molecule has 0 aliphatic carbocycles. The van der Waals surface area contributed by atoms with Crippen molar-refractivity contribution in [3.05, 3.63) is 95.7 Å². The number of hydrogen-bond donors (Lipinski definition) is 2. The third-order valence-electron chi connectivity index (χ3n) is 6.43. The van der Waals surface area contributed by atoms with Gasteiger partial charge in [0.2, 0.25) is 0 Å². The fraction of sp³-hybridized carbons (Fsp3) is 0.281. The Morgan fingerprint density at radius 3 is 2.33 bits per heavy atom. The predicted octanol–water partition coefficient (Wildman–Crippen LogP) is 6.05. The van der Waals surface area contributed by atoms with Crippen molar-refractivity contribution in [2.45, 2.75) is 46.3 Å². The van der Waals surface area contributed by atoms with Crippen LogP contribution in [0.2, 0.25) is 0 Å². The van der Waals surface area contributed by atoms with Crippen LogP contribution in [0.3, 0.4) is 0 Å². The number of carbonyl (C=O) groups is 2. The summed E-state index contributed by atoms with van der Waals surface area (Å²) in [5.74, 6) is -0.0590. The van der Waals surface area contributed by atoms with Crippen LogP contribution in [0.25, 0.3) is 16.9 Å². The molecule has 4 aromatic rings. The molecule has 0 fully saturated rings. The van der Waals surface area contributed by atoms with Crippen molar-refractivity contribution in [2.75, 3.05) is 7.11 Å². The molecule has 0 saturated heterocycles. The standard InChI is InChI=1S/C32H35N3O5/c1-21(2)17-24(18-30(36)37)33-32(38)26-19-27(35(34-26)25-15-13-22(3)14-16-25)31-28(39-4)11-8-12-29(31)40-20-23-9-6-5-7-10-23/h5-16,19,21,24H,17-18,20H2,1-4H3,(H,33,38)(H,36,37)/t24-/m0/s1. The topological polar surface area (TPSA) is 103 Å². The molecule has 1 atom stereocenters. The Kier molecular flexibility index (Phi) is 9.22. The van der Waals surface area contributed by atoms with E-state index in [9.17, 15) is 14.7 Å². The lowest BCUT2D eigenvalue weighted by Gasteiger charge is -2.18. The Hall–Kier alpha value is -4.59. The number of carbonyl (C=O) groups excluding carboxylic acids is 1. The Bertz CT molecular complexity index is 1450. The number of carboxylic acids is 1. The number of aromatic nitrogens is 2. The summed E-state index contributed by atoms with van der Waals surface area (Å²) in [6, 6.07) is 24.4. The summed E-state index contributed by atoms with van der Waals surface area (Å²) >= 11 is 0. The third kappa shape index (κ3) is 7.08. The number of aryl methyl sites for hydroxylation is 1. The average molecular weight is 542 g/mol. The van der Waals surface area contributed by atoms with E-state index in [0.717, 1.165) is 16.8 Å².